The van der Waals surface area contributed by atoms with Crippen LogP contribution < -0.4 is 5.32 Å². The molecule has 1 atom stereocenters. The first-order valence-electron chi connectivity index (χ1n) is 8.29. The molecule has 1 N–H and O–H groups in total. The van der Waals surface area contributed by atoms with E-state index in [0.717, 1.165) is 6.26 Å². The van der Waals surface area contributed by atoms with Crippen LogP contribution in [0.25, 0.3) is 0 Å². The molecule has 2 rings (SSSR count). The number of methoxy groups -OCH3 is 1. The minimum Gasteiger partial charge on any atom is -0.469 e. The second-order valence-electron chi connectivity index (χ2n) is 6.30. The van der Waals surface area contributed by atoms with Crippen LogP contribution in [0.1, 0.15) is 30.9 Å². The number of carbonyl (C=O) groups is 2. The zero-order valence-electron chi connectivity index (χ0n) is 14.8. The van der Waals surface area contributed by atoms with E-state index in [-0.39, 0.29) is 18.2 Å². The molecule has 1 aliphatic heterocycles. The molecule has 0 saturated carbocycles. The average Bonchev–Trinajstić information content (AvgIpc) is 2.60. The number of rotatable bonds is 6. The molecule has 1 aliphatic rings. The highest BCUT2D eigenvalue weighted by atomic mass is 35.5. The van der Waals surface area contributed by atoms with Crippen LogP contribution in [-0.2, 0) is 24.3 Å². The van der Waals surface area contributed by atoms with Gasteiger partial charge in [-0.25, -0.2) is 12.7 Å². The molecule has 144 valence electrons. The fourth-order valence-corrected chi connectivity index (χ4v) is 4.13. The first-order chi connectivity index (χ1) is 12.2. The van der Waals surface area contributed by atoms with E-state index in [4.69, 9.17) is 16.3 Å². The number of nitrogens with zero attached hydrogens (tertiary/aromatic N) is 1. The Bertz CT molecular complexity index is 760. The van der Waals surface area contributed by atoms with Crippen LogP contribution in [-0.4, -0.2) is 51.1 Å². The molecule has 9 heteroatoms. The van der Waals surface area contributed by atoms with Crippen LogP contribution in [0.15, 0.2) is 24.3 Å². The summed E-state index contributed by atoms with van der Waals surface area (Å²) in [5.74, 6) is -0.982. The maximum Gasteiger partial charge on any atom is 0.307 e. The zero-order valence-corrected chi connectivity index (χ0v) is 16.3. The molecule has 0 bridgehead atoms. The van der Waals surface area contributed by atoms with E-state index in [1.54, 1.807) is 24.3 Å². The third-order valence-electron chi connectivity index (χ3n) is 4.49. The highest BCUT2D eigenvalue weighted by Gasteiger charge is 2.31. The monoisotopic (exact) mass is 402 g/mol. The zero-order chi connectivity index (χ0) is 19.3. The Kier molecular flexibility index (Phi) is 7.02. The van der Waals surface area contributed by atoms with Gasteiger partial charge < -0.3 is 10.1 Å². The molecule has 1 heterocycles. The minimum atomic E-state index is -3.24. The van der Waals surface area contributed by atoms with Crippen molar-refractivity contribution in [1.82, 2.24) is 9.62 Å². The maximum atomic E-state index is 12.6. The van der Waals surface area contributed by atoms with Gasteiger partial charge in [0, 0.05) is 24.0 Å². The highest BCUT2D eigenvalue weighted by molar-refractivity contribution is 7.88. The fraction of sp³-hybridized carbons (Fsp3) is 0.529. The second kappa shape index (κ2) is 8.83. The number of benzene rings is 1. The van der Waals surface area contributed by atoms with Gasteiger partial charge in [-0.15, -0.1) is 0 Å². The molecular weight excluding hydrogens is 380 g/mol. The summed E-state index contributed by atoms with van der Waals surface area (Å²) in [5, 5.41) is 3.32. The number of halogens is 1. The van der Waals surface area contributed by atoms with Gasteiger partial charge in [0.25, 0.3) is 0 Å². The summed E-state index contributed by atoms with van der Waals surface area (Å²) in [6, 6.07) is 6.39. The molecule has 1 aromatic carbocycles. The standard InChI is InChI=1S/C17H23ClN2O5S/c1-25-16(21)11-15(13-5-3-4-6-14(13)18)19-17(22)12-7-9-20(10-8-12)26(2,23)24/h3-6,12,15H,7-11H2,1-2H3,(H,19,22). The van der Waals surface area contributed by atoms with Gasteiger partial charge in [-0.2, -0.15) is 0 Å². The molecular formula is C17H23ClN2O5S. The molecule has 7 nitrogen and oxygen atoms in total. The lowest BCUT2D eigenvalue weighted by molar-refractivity contribution is -0.141. The predicted octanol–water partition coefficient (Wildman–Crippen LogP) is 1.73. The Balaban J connectivity index is 2.07. The van der Waals surface area contributed by atoms with Crippen molar-refractivity contribution in [3.05, 3.63) is 34.9 Å². The van der Waals surface area contributed by atoms with Crippen molar-refractivity contribution in [3.8, 4) is 0 Å². The van der Waals surface area contributed by atoms with Gasteiger partial charge in [0.2, 0.25) is 15.9 Å². The van der Waals surface area contributed by atoms with Gasteiger partial charge >= 0.3 is 5.97 Å². The quantitative estimate of drug-likeness (QED) is 0.731. The Morgan fingerprint density at radius 1 is 1.31 bits per heavy atom. The summed E-state index contributed by atoms with van der Waals surface area (Å²) in [5.41, 5.74) is 0.640. The number of hydrogen-bond donors (Lipinski definition) is 1. The van der Waals surface area contributed by atoms with E-state index >= 15 is 0 Å². The van der Waals surface area contributed by atoms with Crippen LogP contribution >= 0.6 is 11.6 Å². The van der Waals surface area contributed by atoms with Crippen LogP contribution in [0.2, 0.25) is 5.02 Å². The molecule has 0 aromatic heterocycles. The molecule has 1 amide bonds. The lowest BCUT2D eigenvalue weighted by Gasteiger charge is -2.30. The van der Waals surface area contributed by atoms with Gasteiger partial charge in [-0.3, -0.25) is 9.59 Å². The number of ether oxygens (including phenoxy) is 1. The molecule has 0 aliphatic carbocycles. The lowest BCUT2D eigenvalue weighted by atomic mass is 9.95. The summed E-state index contributed by atoms with van der Waals surface area (Å²) < 4.78 is 29.2. The summed E-state index contributed by atoms with van der Waals surface area (Å²) in [6.07, 6.45) is 2.00. The van der Waals surface area contributed by atoms with Crippen LogP contribution in [0.5, 0.6) is 0 Å². The van der Waals surface area contributed by atoms with Crippen LogP contribution in [0, 0.1) is 5.92 Å². The molecule has 1 aromatic rings. The molecule has 1 saturated heterocycles. The van der Waals surface area contributed by atoms with E-state index < -0.39 is 22.0 Å². The number of hydrogen-bond acceptors (Lipinski definition) is 5. The molecule has 26 heavy (non-hydrogen) atoms. The SMILES string of the molecule is COC(=O)CC(NC(=O)C1CCN(S(C)(=O)=O)CC1)c1ccccc1Cl. The second-order valence-corrected chi connectivity index (χ2v) is 8.69. The summed E-state index contributed by atoms with van der Waals surface area (Å²) in [6.45, 7) is 0.620. The summed E-state index contributed by atoms with van der Waals surface area (Å²) in [7, 11) is -1.96. The normalized spacial score (nSPS) is 17.5. The van der Waals surface area contributed by atoms with Gasteiger partial charge in [0.1, 0.15) is 0 Å². The minimum absolute atomic E-state index is 0.0336. The van der Waals surface area contributed by atoms with Gasteiger partial charge in [0.05, 0.1) is 25.8 Å². The maximum absolute atomic E-state index is 12.6. The smallest absolute Gasteiger partial charge is 0.307 e. The number of piperidine rings is 1. The Hall–Kier alpha value is -1.64. The first kappa shape index (κ1) is 20.7. The number of esters is 1. The van der Waals surface area contributed by atoms with Crippen molar-refractivity contribution in [2.24, 2.45) is 5.92 Å². The average molecular weight is 403 g/mol. The first-order valence-corrected chi connectivity index (χ1v) is 10.5. The summed E-state index contributed by atoms with van der Waals surface area (Å²) in [4.78, 5) is 24.4. The topological polar surface area (TPSA) is 92.8 Å². The number of amides is 1. The number of carbonyl (C=O) groups excluding carboxylic acids is 2. The van der Waals surface area contributed by atoms with Crippen molar-refractivity contribution in [2.45, 2.75) is 25.3 Å². The van der Waals surface area contributed by atoms with Crippen LogP contribution in [0.3, 0.4) is 0 Å². The van der Waals surface area contributed by atoms with E-state index in [9.17, 15) is 18.0 Å². The number of nitrogens with one attached hydrogen (secondary N) is 1. The van der Waals surface area contributed by atoms with Crippen molar-refractivity contribution in [2.75, 3.05) is 26.5 Å². The Morgan fingerprint density at radius 2 is 1.92 bits per heavy atom. The third-order valence-corrected chi connectivity index (χ3v) is 6.14. The van der Waals surface area contributed by atoms with E-state index in [1.165, 1.54) is 11.4 Å². The molecule has 0 spiro atoms. The highest BCUT2D eigenvalue weighted by Crippen LogP contribution is 2.27. The van der Waals surface area contributed by atoms with Crippen LogP contribution in [0.4, 0.5) is 0 Å². The van der Waals surface area contributed by atoms with Crippen molar-refractivity contribution < 1.29 is 22.7 Å². The molecule has 1 unspecified atom stereocenters. The fourth-order valence-electron chi connectivity index (χ4n) is 2.99. The van der Waals surface area contributed by atoms with Gasteiger partial charge in [0.15, 0.2) is 0 Å². The van der Waals surface area contributed by atoms with Gasteiger partial charge in [-0.1, -0.05) is 29.8 Å². The van der Waals surface area contributed by atoms with Crippen molar-refractivity contribution in [3.63, 3.8) is 0 Å². The largest absolute Gasteiger partial charge is 0.469 e. The molecule has 1 fully saturated rings. The Labute approximate surface area is 158 Å². The third kappa shape index (κ3) is 5.43. The van der Waals surface area contributed by atoms with E-state index in [1.807, 2.05) is 0 Å². The predicted molar refractivity (Wildman–Crippen MR) is 98.1 cm³/mol. The molecule has 0 radical (unpaired) electrons. The van der Waals surface area contributed by atoms with Gasteiger partial charge in [-0.05, 0) is 24.5 Å². The van der Waals surface area contributed by atoms with E-state index in [0.29, 0.717) is 36.5 Å². The Morgan fingerprint density at radius 3 is 2.46 bits per heavy atom. The number of sulfonamides is 1. The lowest BCUT2D eigenvalue weighted by Crippen LogP contribution is -2.43. The van der Waals surface area contributed by atoms with Crippen molar-refractivity contribution in [1.29, 1.82) is 0 Å². The summed E-state index contributed by atoms with van der Waals surface area (Å²) >= 11 is 6.21. The van der Waals surface area contributed by atoms with Crippen molar-refractivity contribution >= 4 is 33.5 Å². The van der Waals surface area contributed by atoms with E-state index in [2.05, 4.69) is 5.32 Å².